The molecule has 4 nitrogen and oxygen atoms in total. The van der Waals surface area contributed by atoms with Crippen molar-refractivity contribution in [1.29, 1.82) is 0 Å². The Morgan fingerprint density at radius 3 is 2.95 bits per heavy atom. The highest BCUT2D eigenvalue weighted by atomic mass is 16.2. The minimum atomic E-state index is -0.153. The van der Waals surface area contributed by atoms with E-state index in [9.17, 15) is 4.79 Å². The Kier molecular flexibility index (Phi) is 2.91. The summed E-state index contributed by atoms with van der Waals surface area (Å²) < 4.78 is 0. The molecule has 0 radical (unpaired) electrons. The Labute approximate surface area is 111 Å². The summed E-state index contributed by atoms with van der Waals surface area (Å²) in [6.07, 6.45) is 1.75. The molecule has 2 heterocycles. The maximum Gasteiger partial charge on any atom is 0.234 e. The Hall–Kier alpha value is -2.36. The average Bonchev–Trinajstić information content (AvgIpc) is 2.85. The number of hydrogen-bond donors (Lipinski definition) is 2. The second-order valence-electron chi connectivity index (χ2n) is 4.73. The van der Waals surface area contributed by atoms with Crippen molar-refractivity contribution in [3.05, 3.63) is 53.7 Å². The Bertz CT molecular complexity index is 607. The summed E-state index contributed by atoms with van der Waals surface area (Å²) >= 11 is 0. The number of nitrogens with zero attached hydrogens (tertiary/aromatic N) is 1. The number of anilines is 2. The predicted octanol–water partition coefficient (Wildman–Crippen LogP) is 2.54. The number of aryl methyl sites for hydroxylation is 1. The van der Waals surface area contributed by atoms with Crippen LogP contribution in [-0.2, 0) is 4.79 Å². The fraction of sp³-hybridized carbons (Fsp3) is 0.200. The van der Waals surface area contributed by atoms with Crippen LogP contribution in [0.15, 0.2) is 42.6 Å². The third-order valence-corrected chi connectivity index (χ3v) is 3.31. The first-order valence-electron chi connectivity index (χ1n) is 6.30. The summed E-state index contributed by atoms with van der Waals surface area (Å²) in [6.45, 7) is 2.60. The maximum atomic E-state index is 12.3. The molecule has 0 spiro atoms. The van der Waals surface area contributed by atoms with Crippen LogP contribution in [0.25, 0.3) is 0 Å². The number of pyridine rings is 1. The SMILES string of the molecule is Cc1ccc(NC(=O)C2CNc3ccccc32)nc1. The van der Waals surface area contributed by atoms with E-state index in [0.717, 1.165) is 16.8 Å². The number of amides is 1. The standard InChI is InChI=1S/C15H15N3O/c1-10-6-7-14(17-8-10)18-15(19)12-9-16-13-5-3-2-4-11(12)13/h2-8,12,16H,9H2,1H3,(H,17,18,19). The molecule has 1 atom stereocenters. The van der Waals surface area contributed by atoms with Gasteiger partial charge >= 0.3 is 0 Å². The highest BCUT2D eigenvalue weighted by molar-refractivity contribution is 5.97. The second kappa shape index (κ2) is 4.72. The molecule has 4 heteroatoms. The van der Waals surface area contributed by atoms with Crippen LogP contribution in [0.3, 0.4) is 0 Å². The number of nitrogens with one attached hydrogen (secondary N) is 2. The van der Waals surface area contributed by atoms with Crippen molar-refractivity contribution >= 4 is 17.4 Å². The highest BCUT2D eigenvalue weighted by Crippen LogP contribution is 2.31. The Morgan fingerprint density at radius 1 is 1.32 bits per heavy atom. The van der Waals surface area contributed by atoms with Crippen molar-refractivity contribution in [3.63, 3.8) is 0 Å². The van der Waals surface area contributed by atoms with Crippen molar-refractivity contribution in [2.24, 2.45) is 0 Å². The van der Waals surface area contributed by atoms with E-state index in [4.69, 9.17) is 0 Å². The molecule has 0 fully saturated rings. The molecule has 1 aromatic carbocycles. The molecule has 2 N–H and O–H groups in total. The van der Waals surface area contributed by atoms with Crippen molar-refractivity contribution in [3.8, 4) is 0 Å². The van der Waals surface area contributed by atoms with Crippen molar-refractivity contribution in [2.45, 2.75) is 12.8 Å². The molecule has 1 aromatic heterocycles. The van der Waals surface area contributed by atoms with Gasteiger partial charge in [-0.25, -0.2) is 4.98 Å². The molecule has 1 amide bonds. The summed E-state index contributed by atoms with van der Waals surface area (Å²) in [5, 5.41) is 6.11. The smallest absolute Gasteiger partial charge is 0.234 e. The van der Waals surface area contributed by atoms with E-state index >= 15 is 0 Å². The van der Waals surface area contributed by atoms with Gasteiger partial charge in [-0.1, -0.05) is 24.3 Å². The molecule has 1 unspecified atom stereocenters. The number of carbonyl (C=O) groups excluding carboxylic acids is 1. The normalized spacial score (nSPS) is 16.6. The summed E-state index contributed by atoms with van der Waals surface area (Å²) in [5.74, 6) is 0.424. The molecule has 19 heavy (non-hydrogen) atoms. The lowest BCUT2D eigenvalue weighted by atomic mass is 10.0. The topological polar surface area (TPSA) is 54.0 Å². The van der Waals surface area contributed by atoms with Gasteiger partial charge in [0.15, 0.2) is 0 Å². The fourth-order valence-corrected chi connectivity index (χ4v) is 2.27. The third kappa shape index (κ3) is 2.29. The van der Waals surface area contributed by atoms with Crippen LogP contribution >= 0.6 is 0 Å². The molecular weight excluding hydrogens is 238 g/mol. The van der Waals surface area contributed by atoms with Gasteiger partial charge < -0.3 is 10.6 Å². The van der Waals surface area contributed by atoms with Crippen molar-refractivity contribution in [2.75, 3.05) is 17.2 Å². The fourth-order valence-electron chi connectivity index (χ4n) is 2.27. The van der Waals surface area contributed by atoms with Gasteiger partial charge in [0.1, 0.15) is 5.82 Å². The monoisotopic (exact) mass is 253 g/mol. The molecule has 0 saturated heterocycles. The minimum Gasteiger partial charge on any atom is -0.384 e. The second-order valence-corrected chi connectivity index (χ2v) is 4.73. The third-order valence-electron chi connectivity index (χ3n) is 3.31. The van der Waals surface area contributed by atoms with E-state index in [1.165, 1.54) is 0 Å². The lowest BCUT2D eigenvalue weighted by Crippen LogP contribution is -2.23. The molecule has 0 saturated carbocycles. The lowest BCUT2D eigenvalue weighted by molar-refractivity contribution is -0.117. The van der Waals surface area contributed by atoms with Crippen LogP contribution in [0.5, 0.6) is 0 Å². The van der Waals surface area contributed by atoms with Crippen molar-refractivity contribution < 1.29 is 4.79 Å². The quantitative estimate of drug-likeness (QED) is 0.864. The van der Waals surface area contributed by atoms with Crippen LogP contribution in [0, 0.1) is 6.92 Å². The molecule has 2 aromatic rings. The number of aromatic nitrogens is 1. The summed E-state index contributed by atoms with van der Waals surface area (Å²) in [7, 11) is 0. The molecule has 96 valence electrons. The number of hydrogen-bond acceptors (Lipinski definition) is 3. The molecular formula is C15H15N3O. The summed E-state index contributed by atoms with van der Waals surface area (Å²) in [5.41, 5.74) is 3.16. The number of rotatable bonds is 2. The number of carbonyl (C=O) groups is 1. The molecule has 0 aliphatic carbocycles. The van der Waals surface area contributed by atoms with Gasteiger partial charge in [0.05, 0.1) is 5.92 Å². The van der Waals surface area contributed by atoms with Crippen LogP contribution in [0.1, 0.15) is 17.0 Å². The number of para-hydroxylation sites is 1. The van der Waals surface area contributed by atoms with Gasteiger partial charge in [0.25, 0.3) is 0 Å². The van der Waals surface area contributed by atoms with E-state index in [-0.39, 0.29) is 11.8 Å². The predicted molar refractivity (Wildman–Crippen MR) is 75.3 cm³/mol. The van der Waals surface area contributed by atoms with Crippen LogP contribution < -0.4 is 10.6 Å². The van der Waals surface area contributed by atoms with Gasteiger partial charge in [-0.2, -0.15) is 0 Å². The minimum absolute atomic E-state index is 0.0196. The van der Waals surface area contributed by atoms with Gasteiger partial charge in [-0.15, -0.1) is 0 Å². The summed E-state index contributed by atoms with van der Waals surface area (Å²) in [6, 6.07) is 11.7. The number of fused-ring (bicyclic) bond motifs is 1. The Balaban J connectivity index is 1.77. The first kappa shape index (κ1) is 11.7. The summed E-state index contributed by atoms with van der Waals surface area (Å²) in [4.78, 5) is 16.5. The van der Waals surface area contributed by atoms with E-state index in [1.54, 1.807) is 6.20 Å². The van der Waals surface area contributed by atoms with Crippen LogP contribution in [-0.4, -0.2) is 17.4 Å². The van der Waals surface area contributed by atoms with Gasteiger partial charge in [-0.3, -0.25) is 4.79 Å². The molecule has 0 bridgehead atoms. The Morgan fingerprint density at radius 2 is 2.16 bits per heavy atom. The molecule has 3 rings (SSSR count). The van der Waals surface area contributed by atoms with Gasteiger partial charge in [0, 0.05) is 18.4 Å². The zero-order valence-electron chi connectivity index (χ0n) is 10.7. The largest absolute Gasteiger partial charge is 0.384 e. The van der Waals surface area contributed by atoms with E-state index in [1.807, 2.05) is 43.3 Å². The van der Waals surface area contributed by atoms with Crippen LogP contribution in [0.4, 0.5) is 11.5 Å². The molecule has 1 aliphatic heterocycles. The highest BCUT2D eigenvalue weighted by Gasteiger charge is 2.28. The van der Waals surface area contributed by atoms with Gasteiger partial charge in [-0.05, 0) is 30.2 Å². The van der Waals surface area contributed by atoms with E-state index in [0.29, 0.717) is 12.4 Å². The first-order chi connectivity index (χ1) is 9.24. The maximum absolute atomic E-state index is 12.3. The zero-order valence-corrected chi connectivity index (χ0v) is 10.7. The molecule has 1 aliphatic rings. The van der Waals surface area contributed by atoms with Gasteiger partial charge in [0.2, 0.25) is 5.91 Å². The lowest BCUT2D eigenvalue weighted by Gasteiger charge is -2.10. The first-order valence-corrected chi connectivity index (χ1v) is 6.30. The van der Waals surface area contributed by atoms with Crippen molar-refractivity contribution in [1.82, 2.24) is 4.98 Å². The van der Waals surface area contributed by atoms with Crippen LogP contribution in [0.2, 0.25) is 0 Å². The van der Waals surface area contributed by atoms with E-state index in [2.05, 4.69) is 15.6 Å². The number of benzene rings is 1. The average molecular weight is 253 g/mol. The van der Waals surface area contributed by atoms with E-state index < -0.39 is 0 Å². The zero-order chi connectivity index (χ0) is 13.2.